The summed E-state index contributed by atoms with van der Waals surface area (Å²) in [5.74, 6) is -1.60. The summed E-state index contributed by atoms with van der Waals surface area (Å²) in [6.07, 6.45) is 1.65. The Morgan fingerprint density at radius 1 is 1.03 bits per heavy atom. The van der Waals surface area contributed by atoms with Gasteiger partial charge in [0.1, 0.15) is 6.54 Å². The number of rotatable bonds is 7. The summed E-state index contributed by atoms with van der Waals surface area (Å²) >= 11 is 0.799. The van der Waals surface area contributed by atoms with Crippen LogP contribution < -0.4 is 5.32 Å². The molecule has 0 unspecified atom stereocenters. The fourth-order valence-electron chi connectivity index (χ4n) is 4.16. The van der Waals surface area contributed by atoms with Crippen molar-refractivity contribution in [3.05, 3.63) is 87.6 Å². The van der Waals surface area contributed by atoms with Gasteiger partial charge in [0.15, 0.2) is 0 Å². The highest BCUT2D eigenvalue weighted by atomic mass is 32.2. The number of imide groups is 1. The quantitative estimate of drug-likeness (QED) is 0.396. The average molecular weight is 518 g/mol. The first-order valence-corrected chi connectivity index (χ1v) is 12.5. The lowest BCUT2D eigenvalue weighted by Gasteiger charge is -2.13. The van der Waals surface area contributed by atoms with Crippen molar-refractivity contribution in [3.8, 4) is 5.69 Å². The summed E-state index contributed by atoms with van der Waals surface area (Å²) in [5.41, 5.74) is 5.18. The number of hydrogen-bond donors (Lipinski definition) is 2. The molecule has 190 valence electrons. The molecule has 3 amide bonds. The topological polar surface area (TPSA) is 109 Å². The first-order chi connectivity index (χ1) is 17.5. The van der Waals surface area contributed by atoms with Gasteiger partial charge < -0.3 is 15.0 Å². The summed E-state index contributed by atoms with van der Waals surface area (Å²) < 4.78 is 1.94. The summed E-state index contributed by atoms with van der Waals surface area (Å²) in [6.45, 7) is 7.57. The molecule has 37 heavy (non-hydrogen) atoms. The van der Waals surface area contributed by atoms with E-state index < -0.39 is 23.0 Å². The molecular weight excluding hydrogens is 490 g/mol. The van der Waals surface area contributed by atoms with Crippen molar-refractivity contribution in [1.82, 2.24) is 9.47 Å². The highest BCUT2D eigenvalue weighted by Gasteiger charge is 2.36. The molecule has 3 aromatic rings. The molecule has 0 atom stereocenters. The number of nitrogens with zero attached hydrogens (tertiary/aromatic N) is 2. The van der Waals surface area contributed by atoms with Crippen LogP contribution in [0.3, 0.4) is 0 Å². The predicted octanol–water partition coefficient (Wildman–Crippen LogP) is 5.59. The number of carbonyl (C=O) groups excluding carboxylic acids is 3. The van der Waals surface area contributed by atoms with Crippen LogP contribution in [0.5, 0.6) is 0 Å². The minimum absolute atomic E-state index is 0.191. The Hall–Kier alpha value is -4.11. The van der Waals surface area contributed by atoms with E-state index in [0.717, 1.165) is 44.9 Å². The second-order valence-electron chi connectivity index (χ2n) is 9.11. The second-order valence-corrected chi connectivity index (χ2v) is 10.1. The van der Waals surface area contributed by atoms with Gasteiger partial charge in [-0.05, 0) is 91.2 Å². The van der Waals surface area contributed by atoms with Crippen LogP contribution in [0.2, 0.25) is 0 Å². The van der Waals surface area contributed by atoms with E-state index in [0.29, 0.717) is 11.6 Å². The number of amides is 3. The number of aryl methyl sites for hydroxylation is 1. The number of anilines is 1. The van der Waals surface area contributed by atoms with E-state index in [1.54, 1.807) is 30.3 Å². The van der Waals surface area contributed by atoms with Gasteiger partial charge in [-0.25, -0.2) is 4.79 Å². The van der Waals surface area contributed by atoms with Gasteiger partial charge in [-0.1, -0.05) is 26.0 Å². The van der Waals surface area contributed by atoms with Gasteiger partial charge in [-0.3, -0.25) is 19.3 Å². The van der Waals surface area contributed by atoms with E-state index in [9.17, 15) is 19.2 Å². The van der Waals surface area contributed by atoms with Crippen LogP contribution in [0.15, 0.2) is 59.5 Å². The Kier molecular flexibility index (Phi) is 7.35. The molecule has 0 spiro atoms. The van der Waals surface area contributed by atoms with Crippen molar-refractivity contribution in [3.63, 3.8) is 0 Å². The second kappa shape index (κ2) is 10.5. The van der Waals surface area contributed by atoms with Gasteiger partial charge in [-0.15, -0.1) is 0 Å². The highest BCUT2D eigenvalue weighted by Crippen LogP contribution is 2.34. The predicted molar refractivity (Wildman–Crippen MR) is 144 cm³/mol. The summed E-state index contributed by atoms with van der Waals surface area (Å²) in [5, 5.41) is 11.4. The van der Waals surface area contributed by atoms with E-state index in [1.807, 2.05) is 36.6 Å². The molecule has 0 aliphatic carbocycles. The Morgan fingerprint density at radius 2 is 1.68 bits per heavy atom. The molecule has 1 aliphatic rings. The standard InChI is InChI=1S/C28H27N3O5S/c1-16(2)19-5-9-22(10-6-19)29-25(32)15-30-26(33)24(37-28(30)36)14-21-13-17(3)31(18(21)4)23-11-7-20(8-12-23)27(34)35/h5-14,16H,15H2,1-4H3,(H,29,32)(H,34,35)/b24-14+. The smallest absolute Gasteiger partial charge is 0.335 e. The zero-order chi connectivity index (χ0) is 26.9. The van der Waals surface area contributed by atoms with Crippen LogP contribution >= 0.6 is 11.8 Å². The molecule has 8 nitrogen and oxygen atoms in total. The van der Waals surface area contributed by atoms with E-state index >= 15 is 0 Å². The number of carboxylic acids is 1. The third-order valence-corrected chi connectivity index (χ3v) is 7.07. The van der Waals surface area contributed by atoms with Gasteiger partial charge in [0, 0.05) is 22.8 Å². The van der Waals surface area contributed by atoms with Crippen molar-refractivity contribution >= 4 is 46.5 Å². The Labute approximate surface area is 219 Å². The number of aromatic nitrogens is 1. The van der Waals surface area contributed by atoms with Crippen LogP contribution in [0.4, 0.5) is 10.5 Å². The van der Waals surface area contributed by atoms with Crippen molar-refractivity contribution in [2.24, 2.45) is 0 Å². The molecule has 1 aliphatic heterocycles. The van der Waals surface area contributed by atoms with Crippen LogP contribution in [0.25, 0.3) is 11.8 Å². The molecule has 9 heteroatoms. The summed E-state index contributed by atoms with van der Waals surface area (Å²) in [7, 11) is 0. The molecule has 0 bridgehead atoms. The number of nitrogens with one attached hydrogen (secondary N) is 1. The fourth-order valence-corrected chi connectivity index (χ4v) is 4.99. The first-order valence-electron chi connectivity index (χ1n) is 11.7. The number of benzene rings is 2. The third kappa shape index (κ3) is 5.51. The third-order valence-electron chi connectivity index (χ3n) is 6.17. The number of hydrogen-bond acceptors (Lipinski definition) is 5. The van der Waals surface area contributed by atoms with E-state index in [4.69, 9.17) is 5.11 Å². The van der Waals surface area contributed by atoms with Crippen LogP contribution in [0, 0.1) is 13.8 Å². The van der Waals surface area contributed by atoms with Crippen molar-refractivity contribution in [2.75, 3.05) is 11.9 Å². The maximum absolute atomic E-state index is 13.0. The molecule has 4 rings (SSSR count). The van der Waals surface area contributed by atoms with Crippen molar-refractivity contribution in [2.45, 2.75) is 33.6 Å². The van der Waals surface area contributed by atoms with Crippen molar-refractivity contribution in [1.29, 1.82) is 0 Å². The lowest BCUT2D eigenvalue weighted by molar-refractivity contribution is -0.127. The minimum atomic E-state index is -0.998. The lowest BCUT2D eigenvalue weighted by Crippen LogP contribution is -2.36. The zero-order valence-electron chi connectivity index (χ0n) is 20.9. The molecule has 1 aromatic heterocycles. The summed E-state index contributed by atoms with van der Waals surface area (Å²) in [6, 6.07) is 15.8. The number of aromatic carboxylic acids is 1. The zero-order valence-corrected chi connectivity index (χ0v) is 21.8. The van der Waals surface area contributed by atoms with Crippen LogP contribution in [-0.4, -0.2) is 44.1 Å². The fraction of sp³-hybridized carbons (Fsp3) is 0.214. The Balaban J connectivity index is 1.49. The normalized spacial score (nSPS) is 14.6. The van der Waals surface area contributed by atoms with Gasteiger partial charge in [0.25, 0.3) is 11.1 Å². The largest absolute Gasteiger partial charge is 0.478 e. The molecule has 2 aromatic carbocycles. The molecule has 2 N–H and O–H groups in total. The maximum atomic E-state index is 13.0. The average Bonchev–Trinajstić information content (AvgIpc) is 3.28. The van der Waals surface area contributed by atoms with Crippen LogP contribution in [-0.2, 0) is 9.59 Å². The lowest BCUT2D eigenvalue weighted by atomic mass is 10.0. The Morgan fingerprint density at radius 3 is 2.27 bits per heavy atom. The van der Waals surface area contributed by atoms with Gasteiger partial charge in [-0.2, -0.15) is 0 Å². The molecule has 0 saturated carbocycles. The number of carboxylic acid groups (broad SMARTS) is 1. The first kappa shape index (κ1) is 26.0. The SMILES string of the molecule is Cc1cc(/C=C2/SC(=O)N(CC(=O)Nc3ccc(C(C)C)cc3)C2=O)c(C)n1-c1ccc(C(=O)O)cc1. The molecule has 1 saturated heterocycles. The highest BCUT2D eigenvalue weighted by molar-refractivity contribution is 8.18. The van der Waals surface area contributed by atoms with Gasteiger partial charge in [0.05, 0.1) is 10.5 Å². The van der Waals surface area contributed by atoms with E-state index in [1.165, 1.54) is 12.1 Å². The summed E-state index contributed by atoms with van der Waals surface area (Å²) in [4.78, 5) is 50.4. The van der Waals surface area contributed by atoms with E-state index in [-0.39, 0.29) is 17.0 Å². The van der Waals surface area contributed by atoms with E-state index in [2.05, 4.69) is 19.2 Å². The maximum Gasteiger partial charge on any atom is 0.335 e. The monoisotopic (exact) mass is 517 g/mol. The minimum Gasteiger partial charge on any atom is -0.478 e. The molecule has 1 fully saturated rings. The van der Waals surface area contributed by atoms with Gasteiger partial charge >= 0.3 is 5.97 Å². The van der Waals surface area contributed by atoms with Gasteiger partial charge in [0.2, 0.25) is 5.91 Å². The number of carbonyl (C=O) groups is 4. The molecular formula is C28H27N3O5S. The van der Waals surface area contributed by atoms with Crippen LogP contribution in [0.1, 0.15) is 52.6 Å². The number of thioether (sulfide) groups is 1. The molecule has 0 radical (unpaired) electrons. The molecule has 2 heterocycles. The Bertz CT molecular complexity index is 1420. The van der Waals surface area contributed by atoms with Crippen molar-refractivity contribution < 1.29 is 24.3 Å².